The van der Waals surface area contributed by atoms with Crippen LogP contribution in [-0.2, 0) is 4.79 Å². The summed E-state index contributed by atoms with van der Waals surface area (Å²) in [5.41, 5.74) is 0. The molecule has 7 nitrogen and oxygen atoms in total. The highest BCUT2D eigenvalue weighted by atomic mass is 16.2. The molecule has 19 heavy (non-hydrogen) atoms. The van der Waals surface area contributed by atoms with Crippen LogP contribution in [0.1, 0.15) is 25.7 Å². The molecule has 3 unspecified atom stereocenters. The van der Waals surface area contributed by atoms with Crippen LogP contribution in [0, 0.1) is 0 Å². The summed E-state index contributed by atoms with van der Waals surface area (Å²) in [6.45, 7) is 2.06. The number of carbonyl (C=O) groups is 2. The van der Waals surface area contributed by atoms with Crippen molar-refractivity contribution in [2.45, 2.75) is 44.2 Å². The zero-order valence-corrected chi connectivity index (χ0v) is 11.2. The van der Waals surface area contributed by atoms with Crippen LogP contribution in [0.3, 0.4) is 0 Å². The van der Waals surface area contributed by atoms with Gasteiger partial charge in [-0.05, 0) is 12.8 Å². The van der Waals surface area contributed by atoms with Gasteiger partial charge in [-0.15, -0.1) is 0 Å². The molecule has 106 valence electrons. The lowest BCUT2D eigenvalue weighted by molar-refractivity contribution is -0.124. The largest absolute Gasteiger partial charge is 0.325 e. The maximum absolute atomic E-state index is 11.8. The van der Waals surface area contributed by atoms with Crippen molar-refractivity contribution >= 4 is 11.9 Å². The lowest BCUT2D eigenvalue weighted by Crippen LogP contribution is -2.64. The minimum absolute atomic E-state index is 0.0211. The number of likely N-dealkylation sites (tertiary alicyclic amines) is 1. The quantitative estimate of drug-likeness (QED) is 0.581. The monoisotopic (exact) mass is 267 g/mol. The van der Waals surface area contributed by atoms with Gasteiger partial charge in [0, 0.05) is 20.1 Å². The molecule has 3 rings (SSSR count). The molecule has 3 heterocycles. The summed E-state index contributed by atoms with van der Waals surface area (Å²) in [5.74, 6) is -0.238. The summed E-state index contributed by atoms with van der Waals surface area (Å²) in [6.07, 6.45) is 4.65. The Bertz CT molecular complexity index is 380. The summed E-state index contributed by atoms with van der Waals surface area (Å²) in [7, 11) is 1.71. The molecule has 3 aliphatic heterocycles. The van der Waals surface area contributed by atoms with Crippen LogP contribution in [0.5, 0.6) is 0 Å². The Kier molecular flexibility index (Phi) is 3.42. The Morgan fingerprint density at radius 3 is 2.42 bits per heavy atom. The van der Waals surface area contributed by atoms with E-state index in [-0.39, 0.29) is 30.4 Å². The molecule has 0 saturated carbocycles. The minimum Gasteiger partial charge on any atom is -0.310 e. The summed E-state index contributed by atoms with van der Waals surface area (Å²) < 4.78 is 0. The second-order valence-electron chi connectivity index (χ2n) is 5.51. The van der Waals surface area contributed by atoms with E-state index in [0.717, 1.165) is 13.1 Å². The highest BCUT2D eigenvalue weighted by Crippen LogP contribution is 2.18. The molecule has 0 spiro atoms. The first-order valence-electron chi connectivity index (χ1n) is 7.00. The van der Waals surface area contributed by atoms with Gasteiger partial charge in [0.2, 0.25) is 5.91 Å². The second-order valence-corrected chi connectivity index (χ2v) is 5.51. The van der Waals surface area contributed by atoms with Crippen molar-refractivity contribution < 1.29 is 9.59 Å². The number of imide groups is 1. The Labute approximate surface area is 112 Å². The number of hydrogen-bond acceptors (Lipinski definition) is 5. The van der Waals surface area contributed by atoms with Crippen LogP contribution >= 0.6 is 0 Å². The number of likely N-dealkylation sites (N-methyl/N-ethyl adjacent to an activating group) is 1. The summed E-state index contributed by atoms with van der Waals surface area (Å²) >= 11 is 0. The van der Waals surface area contributed by atoms with Gasteiger partial charge in [-0.2, -0.15) is 0 Å². The van der Waals surface area contributed by atoms with Gasteiger partial charge in [-0.3, -0.25) is 25.6 Å². The molecule has 3 N–H and O–H groups in total. The average Bonchev–Trinajstić information content (AvgIpc) is 2.66. The molecule has 7 heteroatoms. The zero-order chi connectivity index (χ0) is 13.4. The molecule has 3 fully saturated rings. The molecule has 0 aromatic heterocycles. The minimum atomic E-state index is -0.365. The van der Waals surface area contributed by atoms with Gasteiger partial charge in [0.1, 0.15) is 18.5 Å². The highest BCUT2D eigenvalue weighted by Gasteiger charge is 2.47. The number of hydrogen-bond donors (Lipinski definition) is 3. The van der Waals surface area contributed by atoms with E-state index in [2.05, 4.69) is 20.9 Å². The van der Waals surface area contributed by atoms with E-state index >= 15 is 0 Å². The van der Waals surface area contributed by atoms with E-state index in [4.69, 9.17) is 0 Å². The van der Waals surface area contributed by atoms with Gasteiger partial charge >= 0.3 is 6.03 Å². The lowest BCUT2D eigenvalue weighted by atomic mass is 10.2. The van der Waals surface area contributed by atoms with E-state index in [1.165, 1.54) is 25.7 Å². The SMILES string of the molecule is CN1C(=O)NC(=O)C2NC(N3CCCCCC3)NC21. The molecule has 0 aliphatic carbocycles. The molecule has 3 amide bonds. The summed E-state index contributed by atoms with van der Waals surface area (Å²) in [6, 6.07) is -0.701. The third-order valence-corrected chi connectivity index (χ3v) is 4.24. The number of nitrogens with zero attached hydrogens (tertiary/aromatic N) is 2. The summed E-state index contributed by atoms with van der Waals surface area (Å²) in [4.78, 5) is 27.3. The topological polar surface area (TPSA) is 76.7 Å². The Hall–Kier alpha value is -1.18. The van der Waals surface area contributed by atoms with E-state index in [1.807, 2.05) is 0 Å². The molecule has 0 radical (unpaired) electrons. The number of nitrogens with one attached hydrogen (secondary N) is 3. The van der Waals surface area contributed by atoms with Gasteiger partial charge in [0.25, 0.3) is 0 Å². The third kappa shape index (κ3) is 2.33. The van der Waals surface area contributed by atoms with Crippen LogP contribution in [0.4, 0.5) is 4.79 Å². The van der Waals surface area contributed by atoms with Crippen LogP contribution in [0.25, 0.3) is 0 Å². The zero-order valence-electron chi connectivity index (χ0n) is 11.2. The predicted octanol–water partition coefficient (Wildman–Crippen LogP) is -0.785. The first-order valence-corrected chi connectivity index (χ1v) is 7.00. The molecule has 3 saturated heterocycles. The smallest absolute Gasteiger partial charge is 0.310 e. The van der Waals surface area contributed by atoms with Gasteiger partial charge in [0.05, 0.1) is 0 Å². The molecular weight excluding hydrogens is 246 g/mol. The maximum Gasteiger partial charge on any atom is 0.325 e. The average molecular weight is 267 g/mol. The second kappa shape index (κ2) is 5.07. The first kappa shape index (κ1) is 12.8. The fourth-order valence-electron chi connectivity index (χ4n) is 3.08. The van der Waals surface area contributed by atoms with Gasteiger partial charge in [-0.1, -0.05) is 12.8 Å². The summed E-state index contributed by atoms with van der Waals surface area (Å²) in [5, 5.41) is 9.02. The fraction of sp³-hybridized carbons (Fsp3) is 0.833. The Balaban J connectivity index is 1.70. The Morgan fingerprint density at radius 1 is 1.05 bits per heavy atom. The van der Waals surface area contributed by atoms with Crippen molar-refractivity contribution in [1.29, 1.82) is 0 Å². The molecular formula is C12H21N5O2. The molecule has 3 atom stereocenters. The van der Waals surface area contributed by atoms with E-state index in [0.29, 0.717) is 0 Å². The molecule has 0 aromatic carbocycles. The number of amides is 3. The number of carbonyl (C=O) groups excluding carboxylic acids is 2. The van der Waals surface area contributed by atoms with Gasteiger partial charge < -0.3 is 4.90 Å². The van der Waals surface area contributed by atoms with Crippen LogP contribution < -0.4 is 16.0 Å². The van der Waals surface area contributed by atoms with Crippen molar-refractivity contribution in [2.75, 3.05) is 20.1 Å². The highest BCUT2D eigenvalue weighted by molar-refractivity contribution is 6.00. The van der Waals surface area contributed by atoms with Gasteiger partial charge in [-0.25, -0.2) is 4.79 Å². The van der Waals surface area contributed by atoms with Crippen molar-refractivity contribution in [1.82, 2.24) is 25.8 Å². The molecule has 3 aliphatic rings. The Morgan fingerprint density at radius 2 is 1.74 bits per heavy atom. The van der Waals surface area contributed by atoms with Crippen molar-refractivity contribution in [3.63, 3.8) is 0 Å². The van der Waals surface area contributed by atoms with Crippen LogP contribution in [0.2, 0.25) is 0 Å². The number of rotatable bonds is 1. The predicted molar refractivity (Wildman–Crippen MR) is 69.0 cm³/mol. The maximum atomic E-state index is 11.8. The van der Waals surface area contributed by atoms with Gasteiger partial charge in [0.15, 0.2) is 0 Å². The van der Waals surface area contributed by atoms with E-state index in [1.54, 1.807) is 11.9 Å². The van der Waals surface area contributed by atoms with Crippen molar-refractivity contribution in [2.24, 2.45) is 0 Å². The standard InChI is InChI=1S/C12H21N5O2/c1-16-9-8(10(18)15-12(16)19)13-11(14-9)17-6-4-2-3-5-7-17/h8-9,11,13-14H,2-7H2,1H3,(H,15,18,19). The third-order valence-electron chi connectivity index (χ3n) is 4.24. The molecule has 0 aromatic rings. The molecule has 0 bridgehead atoms. The van der Waals surface area contributed by atoms with E-state index in [9.17, 15) is 9.59 Å². The number of urea groups is 1. The first-order chi connectivity index (χ1) is 9.16. The van der Waals surface area contributed by atoms with Crippen LogP contribution in [-0.4, -0.2) is 60.4 Å². The lowest BCUT2D eigenvalue weighted by Gasteiger charge is -2.33. The normalized spacial score (nSPS) is 36.9. The van der Waals surface area contributed by atoms with E-state index < -0.39 is 0 Å². The fourth-order valence-corrected chi connectivity index (χ4v) is 3.08. The van der Waals surface area contributed by atoms with Crippen molar-refractivity contribution in [3.05, 3.63) is 0 Å². The van der Waals surface area contributed by atoms with Crippen molar-refractivity contribution in [3.8, 4) is 0 Å². The number of fused-ring (bicyclic) bond motifs is 1. The van der Waals surface area contributed by atoms with Crippen LogP contribution in [0.15, 0.2) is 0 Å².